The standard InChI is InChI=1S/C9H22N2O2Si/c1-3-12-14(13-4-2)9-5-6-10-7-8-11-14/h10-11H,3-9H2,1-2H3. The second kappa shape index (κ2) is 6.52. The predicted molar refractivity (Wildman–Crippen MR) is 59.3 cm³/mol. The van der Waals surface area contributed by atoms with Gasteiger partial charge in [0.1, 0.15) is 0 Å². The molecule has 2 N–H and O–H groups in total. The van der Waals surface area contributed by atoms with Crippen molar-refractivity contribution in [3.8, 4) is 0 Å². The van der Waals surface area contributed by atoms with E-state index in [1.165, 1.54) is 0 Å². The zero-order chi connectivity index (χ0) is 10.3. The van der Waals surface area contributed by atoms with Crippen LogP contribution < -0.4 is 10.3 Å². The van der Waals surface area contributed by atoms with Gasteiger partial charge >= 0.3 is 8.72 Å². The quantitative estimate of drug-likeness (QED) is 0.678. The minimum Gasteiger partial charge on any atom is -0.383 e. The molecular formula is C9H22N2O2Si. The number of nitrogens with one attached hydrogen (secondary N) is 2. The highest BCUT2D eigenvalue weighted by atomic mass is 28.4. The van der Waals surface area contributed by atoms with Gasteiger partial charge in [0.15, 0.2) is 0 Å². The van der Waals surface area contributed by atoms with Crippen molar-refractivity contribution in [3.63, 3.8) is 0 Å². The fraction of sp³-hybridized carbons (Fsp3) is 1.00. The third kappa shape index (κ3) is 3.66. The van der Waals surface area contributed by atoms with Gasteiger partial charge in [0.25, 0.3) is 0 Å². The van der Waals surface area contributed by atoms with Crippen LogP contribution in [0.25, 0.3) is 0 Å². The topological polar surface area (TPSA) is 42.5 Å². The summed E-state index contributed by atoms with van der Waals surface area (Å²) in [6.45, 7) is 8.59. The summed E-state index contributed by atoms with van der Waals surface area (Å²) >= 11 is 0. The molecule has 1 heterocycles. The summed E-state index contributed by atoms with van der Waals surface area (Å²) in [5.41, 5.74) is 0. The molecule has 0 spiro atoms. The molecule has 1 fully saturated rings. The lowest BCUT2D eigenvalue weighted by Gasteiger charge is -2.31. The maximum absolute atomic E-state index is 5.82. The Bertz CT molecular complexity index is 142. The zero-order valence-electron chi connectivity index (χ0n) is 9.27. The smallest absolute Gasteiger partial charge is 0.383 e. The molecule has 4 nitrogen and oxygen atoms in total. The molecule has 1 aliphatic rings. The van der Waals surface area contributed by atoms with Crippen molar-refractivity contribution >= 4 is 8.72 Å². The van der Waals surface area contributed by atoms with Crippen LogP contribution in [0.2, 0.25) is 6.04 Å². The van der Waals surface area contributed by atoms with Gasteiger partial charge < -0.3 is 14.2 Å². The van der Waals surface area contributed by atoms with Crippen LogP contribution in [0.5, 0.6) is 0 Å². The van der Waals surface area contributed by atoms with Crippen molar-refractivity contribution < 1.29 is 8.85 Å². The van der Waals surface area contributed by atoms with Gasteiger partial charge in [-0.1, -0.05) is 0 Å². The van der Waals surface area contributed by atoms with Crippen LogP contribution in [-0.2, 0) is 8.85 Å². The molecule has 84 valence electrons. The van der Waals surface area contributed by atoms with Gasteiger partial charge in [-0.05, 0) is 26.8 Å². The van der Waals surface area contributed by atoms with Crippen LogP contribution in [0.4, 0.5) is 0 Å². The van der Waals surface area contributed by atoms with Gasteiger partial charge in [0.2, 0.25) is 0 Å². The van der Waals surface area contributed by atoms with Crippen LogP contribution in [0.15, 0.2) is 0 Å². The van der Waals surface area contributed by atoms with Crippen molar-refractivity contribution in [1.29, 1.82) is 0 Å². The molecule has 5 heteroatoms. The molecule has 0 aliphatic carbocycles. The molecule has 1 saturated heterocycles. The number of rotatable bonds is 4. The summed E-state index contributed by atoms with van der Waals surface area (Å²) in [5.74, 6) is 0. The zero-order valence-corrected chi connectivity index (χ0v) is 10.3. The Balaban J connectivity index is 2.50. The highest BCUT2D eigenvalue weighted by Gasteiger charge is 2.37. The number of hydrogen-bond acceptors (Lipinski definition) is 4. The van der Waals surface area contributed by atoms with E-state index >= 15 is 0 Å². The van der Waals surface area contributed by atoms with Crippen LogP contribution in [0.1, 0.15) is 20.3 Å². The summed E-state index contributed by atoms with van der Waals surface area (Å²) in [6, 6.07) is 1.04. The maximum Gasteiger partial charge on any atom is 0.425 e. The molecule has 0 atom stereocenters. The maximum atomic E-state index is 5.82. The first-order chi connectivity index (χ1) is 6.83. The minimum absolute atomic E-state index is 0.743. The summed E-state index contributed by atoms with van der Waals surface area (Å²) in [7, 11) is -2.06. The molecule has 0 saturated carbocycles. The van der Waals surface area contributed by atoms with E-state index in [0.29, 0.717) is 0 Å². The Labute approximate surface area is 87.7 Å². The Morgan fingerprint density at radius 3 is 2.43 bits per heavy atom. The van der Waals surface area contributed by atoms with E-state index in [-0.39, 0.29) is 0 Å². The summed E-state index contributed by atoms with van der Waals surface area (Å²) in [6.07, 6.45) is 1.14. The van der Waals surface area contributed by atoms with Gasteiger partial charge in [-0.15, -0.1) is 0 Å². The average molecular weight is 218 g/mol. The monoisotopic (exact) mass is 218 g/mol. The normalized spacial score (nSPS) is 22.7. The highest BCUT2D eigenvalue weighted by molar-refractivity contribution is 6.64. The van der Waals surface area contributed by atoms with E-state index in [2.05, 4.69) is 10.3 Å². The summed E-state index contributed by atoms with van der Waals surface area (Å²) < 4.78 is 11.6. The van der Waals surface area contributed by atoms with E-state index in [1.807, 2.05) is 13.8 Å². The Morgan fingerprint density at radius 1 is 1.07 bits per heavy atom. The van der Waals surface area contributed by atoms with Crippen LogP contribution in [0.3, 0.4) is 0 Å². The van der Waals surface area contributed by atoms with E-state index in [4.69, 9.17) is 8.85 Å². The second-order valence-electron chi connectivity index (χ2n) is 3.40. The van der Waals surface area contributed by atoms with E-state index in [9.17, 15) is 0 Å². The van der Waals surface area contributed by atoms with Crippen molar-refractivity contribution in [2.24, 2.45) is 0 Å². The molecule has 1 aliphatic heterocycles. The van der Waals surface area contributed by atoms with Gasteiger partial charge in [-0.25, -0.2) is 0 Å². The second-order valence-corrected chi connectivity index (χ2v) is 6.34. The van der Waals surface area contributed by atoms with Gasteiger partial charge in [-0.2, -0.15) is 0 Å². The first-order valence-corrected chi connectivity index (χ1v) is 7.59. The lowest BCUT2D eigenvalue weighted by Crippen LogP contribution is -2.59. The van der Waals surface area contributed by atoms with Crippen LogP contribution in [0, 0.1) is 0 Å². The van der Waals surface area contributed by atoms with E-state index < -0.39 is 8.72 Å². The van der Waals surface area contributed by atoms with Crippen molar-refractivity contribution in [1.82, 2.24) is 10.3 Å². The predicted octanol–water partition coefficient (Wildman–Crippen LogP) is 0.581. The third-order valence-electron chi connectivity index (χ3n) is 2.31. The Morgan fingerprint density at radius 2 is 1.79 bits per heavy atom. The van der Waals surface area contributed by atoms with E-state index in [0.717, 1.165) is 45.3 Å². The van der Waals surface area contributed by atoms with Crippen molar-refractivity contribution in [3.05, 3.63) is 0 Å². The fourth-order valence-corrected chi connectivity index (χ4v) is 4.59. The first kappa shape index (κ1) is 12.1. The van der Waals surface area contributed by atoms with Gasteiger partial charge in [-0.3, -0.25) is 4.98 Å². The van der Waals surface area contributed by atoms with Crippen molar-refractivity contribution in [2.45, 2.75) is 26.3 Å². The molecule has 14 heavy (non-hydrogen) atoms. The largest absolute Gasteiger partial charge is 0.425 e. The third-order valence-corrected chi connectivity index (χ3v) is 5.62. The van der Waals surface area contributed by atoms with Gasteiger partial charge in [0, 0.05) is 32.3 Å². The van der Waals surface area contributed by atoms with Crippen LogP contribution in [-0.4, -0.2) is 41.6 Å². The summed E-state index contributed by atoms with van der Waals surface area (Å²) in [5, 5.41) is 3.36. The van der Waals surface area contributed by atoms with Gasteiger partial charge in [0.05, 0.1) is 0 Å². The molecule has 0 amide bonds. The molecule has 0 aromatic heterocycles. The lowest BCUT2D eigenvalue weighted by molar-refractivity contribution is 0.168. The molecule has 0 bridgehead atoms. The molecule has 0 aromatic rings. The average Bonchev–Trinajstić information content (AvgIpc) is 2.12. The van der Waals surface area contributed by atoms with E-state index in [1.54, 1.807) is 0 Å². The molecule has 0 aromatic carbocycles. The molecule has 0 unspecified atom stereocenters. The lowest BCUT2D eigenvalue weighted by atomic mass is 10.4. The SMILES string of the molecule is CCO[Si]1(OCC)CCCNCCN1. The summed E-state index contributed by atoms with van der Waals surface area (Å²) in [4.78, 5) is 3.47. The molecule has 1 rings (SSSR count). The fourth-order valence-electron chi connectivity index (χ4n) is 1.76. The highest BCUT2D eigenvalue weighted by Crippen LogP contribution is 2.13. The Kier molecular flexibility index (Phi) is 5.65. The van der Waals surface area contributed by atoms with Crippen LogP contribution >= 0.6 is 0 Å². The first-order valence-electron chi connectivity index (χ1n) is 5.56. The number of hydrogen-bond donors (Lipinski definition) is 2. The Hall–Kier alpha value is 0.0569. The van der Waals surface area contributed by atoms with Crippen molar-refractivity contribution in [2.75, 3.05) is 32.8 Å². The minimum atomic E-state index is -2.06. The molecular weight excluding hydrogens is 196 g/mol. The molecule has 0 radical (unpaired) electrons.